The van der Waals surface area contributed by atoms with E-state index in [9.17, 15) is 9.59 Å². The Bertz CT molecular complexity index is 395. The third-order valence-corrected chi connectivity index (χ3v) is 3.72. The van der Waals surface area contributed by atoms with Gasteiger partial charge in [-0.05, 0) is 24.3 Å². The van der Waals surface area contributed by atoms with E-state index < -0.39 is 11.4 Å². The first kappa shape index (κ1) is 11.1. The molecule has 0 bridgehead atoms. The summed E-state index contributed by atoms with van der Waals surface area (Å²) in [4.78, 5) is 23.4. The topological polar surface area (TPSA) is 66.4 Å². The Kier molecular flexibility index (Phi) is 2.96. The number of nitrogens with one attached hydrogen (secondary N) is 1. The number of carbonyl (C=O) groups excluding carboxylic acids is 1. The molecule has 0 spiro atoms. The summed E-state index contributed by atoms with van der Waals surface area (Å²) < 4.78 is 0. The number of carboxylic acids is 1. The molecule has 1 aliphatic carbocycles. The van der Waals surface area contributed by atoms with Crippen LogP contribution in [0, 0.1) is 5.41 Å². The Morgan fingerprint density at radius 1 is 1.50 bits per heavy atom. The zero-order chi connectivity index (χ0) is 11.6. The first-order valence-corrected chi connectivity index (χ1v) is 6.03. The summed E-state index contributed by atoms with van der Waals surface area (Å²) in [5.41, 5.74) is -0.675. The maximum Gasteiger partial charge on any atom is 0.311 e. The molecule has 2 rings (SSSR count). The van der Waals surface area contributed by atoms with Crippen molar-refractivity contribution in [2.75, 3.05) is 6.54 Å². The van der Waals surface area contributed by atoms with E-state index in [-0.39, 0.29) is 12.5 Å². The van der Waals surface area contributed by atoms with Gasteiger partial charge in [-0.1, -0.05) is 6.07 Å². The number of rotatable bonds is 5. The van der Waals surface area contributed by atoms with Crippen molar-refractivity contribution in [2.24, 2.45) is 5.41 Å². The fourth-order valence-electron chi connectivity index (χ4n) is 1.52. The second kappa shape index (κ2) is 4.25. The Hall–Kier alpha value is -1.36. The van der Waals surface area contributed by atoms with Gasteiger partial charge >= 0.3 is 5.97 Å². The average Bonchev–Trinajstić information content (AvgIpc) is 2.88. The van der Waals surface area contributed by atoms with Crippen LogP contribution in [-0.2, 0) is 16.0 Å². The fraction of sp³-hybridized carbons (Fsp3) is 0.455. The van der Waals surface area contributed by atoms with E-state index in [4.69, 9.17) is 5.11 Å². The molecule has 16 heavy (non-hydrogen) atoms. The molecule has 1 heterocycles. The summed E-state index contributed by atoms with van der Waals surface area (Å²) in [5.74, 6) is -0.904. The molecule has 0 unspecified atom stereocenters. The highest BCUT2D eigenvalue weighted by atomic mass is 32.1. The van der Waals surface area contributed by atoms with Gasteiger partial charge in [0, 0.05) is 11.4 Å². The normalized spacial score (nSPS) is 16.8. The number of carboxylic acid groups (broad SMARTS) is 1. The molecule has 1 amide bonds. The molecule has 1 aliphatic rings. The lowest BCUT2D eigenvalue weighted by atomic mass is 10.1. The van der Waals surface area contributed by atoms with Gasteiger partial charge in [0.2, 0.25) is 5.91 Å². The highest BCUT2D eigenvalue weighted by Gasteiger charge is 2.50. The number of aliphatic carboxylic acids is 1. The van der Waals surface area contributed by atoms with E-state index in [0.29, 0.717) is 19.3 Å². The third-order valence-electron chi connectivity index (χ3n) is 2.85. The second-order valence-electron chi connectivity index (χ2n) is 4.12. The molecule has 2 N–H and O–H groups in total. The van der Waals surface area contributed by atoms with E-state index >= 15 is 0 Å². The van der Waals surface area contributed by atoms with Crippen molar-refractivity contribution in [3.63, 3.8) is 0 Å². The van der Waals surface area contributed by atoms with Crippen molar-refractivity contribution in [2.45, 2.75) is 19.3 Å². The van der Waals surface area contributed by atoms with Crippen LogP contribution in [0.15, 0.2) is 17.5 Å². The smallest absolute Gasteiger partial charge is 0.311 e. The van der Waals surface area contributed by atoms with Gasteiger partial charge in [-0.25, -0.2) is 0 Å². The third kappa shape index (κ3) is 2.41. The maximum absolute atomic E-state index is 11.5. The van der Waals surface area contributed by atoms with E-state index in [1.54, 1.807) is 0 Å². The Labute approximate surface area is 97.3 Å². The lowest BCUT2D eigenvalue weighted by Gasteiger charge is -2.10. The SMILES string of the molecule is O=C(Cc1cccs1)NCC1(C(=O)O)CC1. The van der Waals surface area contributed by atoms with Crippen molar-refractivity contribution in [3.05, 3.63) is 22.4 Å². The largest absolute Gasteiger partial charge is 0.481 e. The molecular weight excluding hydrogens is 226 g/mol. The maximum atomic E-state index is 11.5. The van der Waals surface area contributed by atoms with E-state index in [2.05, 4.69) is 5.32 Å². The Balaban J connectivity index is 1.78. The highest BCUT2D eigenvalue weighted by molar-refractivity contribution is 7.10. The van der Waals surface area contributed by atoms with E-state index in [1.165, 1.54) is 11.3 Å². The molecule has 0 radical (unpaired) electrons. The lowest BCUT2D eigenvalue weighted by Crippen LogP contribution is -2.34. The molecular formula is C11H13NO3S. The summed E-state index contributed by atoms with van der Waals surface area (Å²) in [6, 6.07) is 3.79. The minimum atomic E-state index is -0.802. The van der Waals surface area contributed by atoms with Crippen molar-refractivity contribution in [1.29, 1.82) is 0 Å². The molecule has 0 atom stereocenters. The van der Waals surface area contributed by atoms with E-state index in [0.717, 1.165) is 4.88 Å². The van der Waals surface area contributed by atoms with Gasteiger partial charge in [0.05, 0.1) is 11.8 Å². The Morgan fingerprint density at radius 2 is 2.25 bits per heavy atom. The predicted octanol–water partition coefficient (Wildman–Crippen LogP) is 1.27. The predicted molar refractivity (Wildman–Crippen MR) is 60.3 cm³/mol. The standard InChI is InChI=1S/C11H13NO3S/c13-9(6-8-2-1-5-16-8)12-7-11(3-4-11)10(14)15/h1-2,5H,3-4,6-7H2,(H,12,13)(H,14,15). The first-order chi connectivity index (χ1) is 7.62. The van der Waals surface area contributed by atoms with Gasteiger partial charge in [-0.2, -0.15) is 0 Å². The number of hydrogen-bond acceptors (Lipinski definition) is 3. The van der Waals surface area contributed by atoms with Gasteiger partial charge < -0.3 is 10.4 Å². The van der Waals surface area contributed by atoms with Crippen LogP contribution in [0.1, 0.15) is 17.7 Å². The van der Waals surface area contributed by atoms with Crippen molar-refractivity contribution < 1.29 is 14.7 Å². The molecule has 1 aromatic heterocycles. The molecule has 86 valence electrons. The van der Waals surface area contributed by atoms with Crippen LogP contribution in [0.4, 0.5) is 0 Å². The summed E-state index contributed by atoms with van der Waals surface area (Å²) in [6.45, 7) is 0.256. The van der Waals surface area contributed by atoms with Crippen LogP contribution in [0.2, 0.25) is 0 Å². The van der Waals surface area contributed by atoms with Crippen molar-refractivity contribution >= 4 is 23.2 Å². The van der Waals surface area contributed by atoms with Crippen molar-refractivity contribution in [1.82, 2.24) is 5.32 Å². The minimum Gasteiger partial charge on any atom is -0.481 e. The summed E-state index contributed by atoms with van der Waals surface area (Å²) in [6.07, 6.45) is 1.68. The molecule has 1 fully saturated rings. The molecule has 5 heteroatoms. The monoisotopic (exact) mass is 239 g/mol. The van der Waals surface area contributed by atoms with Gasteiger partial charge in [0.25, 0.3) is 0 Å². The fourth-order valence-corrected chi connectivity index (χ4v) is 2.22. The van der Waals surface area contributed by atoms with Crippen LogP contribution in [0.3, 0.4) is 0 Å². The van der Waals surface area contributed by atoms with E-state index in [1.807, 2.05) is 17.5 Å². The van der Waals surface area contributed by atoms with Crippen LogP contribution in [0.5, 0.6) is 0 Å². The van der Waals surface area contributed by atoms with Crippen molar-refractivity contribution in [3.8, 4) is 0 Å². The molecule has 0 saturated heterocycles. The molecule has 1 aromatic rings. The average molecular weight is 239 g/mol. The number of hydrogen-bond donors (Lipinski definition) is 2. The number of carbonyl (C=O) groups is 2. The van der Waals surface area contributed by atoms with Crippen LogP contribution < -0.4 is 5.32 Å². The van der Waals surface area contributed by atoms with Gasteiger partial charge in [0.1, 0.15) is 0 Å². The quantitative estimate of drug-likeness (QED) is 0.813. The van der Waals surface area contributed by atoms with Crippen LogP contribution >= 0.6 is 11.3 Å². The highest BCUT2D eigenvalue weighted by Crippen LogP contribution is 2.45. The minimum absolute atomic E-state index is 0.102. The molecule has 0 aliphatic heterocycles. The second-order valence-corrected chi connectivity index (χ2v) is 5.15. The lowest BCUT2D eigenvalue weighted by molar-refractivity contribution is -0.143. The number of amides is 1. The van der Waals surface area contributed by atoms with Gasteiger partial charge in [0.15, 0.2) is 0 Å². The summed E-state index contributed by atoms with van der Waals surface area (Å²) in [5, 5.41) is 13.5. The van der Waals surface area contributed by atoms with Crippen LogP contribution in [0.25, 0.3) is 0 Å². The van der Waals surface area contributed by atoms with Gasteiger partial charge in [-0.15, -0.1) is 11.3 Å². The zero-order valence-corrected chi connectivity index (χ0v) is 9.55. The molecule has 1 saturated carbocycles. The molecule has 4 nitrogen and oxygen atoms in total. The summed E-state index contributed by atoms with van der Waals surface area (Å²) >= 11 is 1.53. The zero-order valence-electron chi connectivity index (χ0n) is 8.73. The molecule has 0 aromatic carbocycles. The Morgan fingerprint density at radius 3 is 2.75 bits per heavy atom. The van der Waals surface area contributed by atoms with Gasteiger partial charge in [-0.3, -0.25) is 9.59 Å². The van der Waals surface area contributed by atoms with Crippen LogP contribution in [-0.4, -0.2) is 23.5 Å². The first-order valence-electron chi connectivity index (χ1n) is 5.15. The number of thiophene rings is 1. The summed E-state index contributed by atoms with van der Waals surface area (Å²) in [7, 11) is 0.